The van der Waals surface area contributed by atoms with Crippen molar-refractivity contribution in [2.75, 3.05) is 30.3 Å². The van der Waals surface area contributed by atoms with Crippen molar-refractivity contribution in [3.8, 4) is 5.82 Å². The van der Waals surface area contributed by atoms with Crippen molar-refractivity contribution in [2.45, 2.75) is 19.0 Å². The Morgan fingerprint density at radius 1 is 1.10 bits per heavy atom. The van der Waals surface area contributed by atoms with E-state index in [4.69, 9.17) is 33.0 Å². The summed E-state index contributed by atoms with van der Waals surface area (Å²) in [6, 6.07) is 1.20. The highest BCUT2D eigenvalue weighted by molar-refractivity contribution is 6.38. The fourth-order valence-electron chi connectivity index (χ4n) is 4.08. The standard InChI is InChI=1S/C22H18ClF4N5O3.C2HF3O2/c23-16-17-10(4-12(24)18(16)31-3-1-2-9(7-31)15(27)6-28)19(33)11(22(34)35)8-32(17)21-14(26)5-13(25)20(29)30-21;3-2(4,5)1(6)7/h4-5,8H,1-3,6-7,28H2,(H2,29,30)(H,34,35);(H,6,7)/b15-9+;. The van der Waals surface area contributed by atoms with E-state index in [1.165, 1.54) is 4.90 Å². The number of carbonyl (C=O) groups is 2. The van der Waals surface area contributed by atoms with Crippen LogP contribution in [-0.2, 0) is 4.79 Å². The Morgan fingerprint density at radius 2 is 1.71 bits per heavy atom. The van der Waals surface area contributed by atoms with Gasteiger partial charge in [-0.25, -0.2) is 32.1 Å². The number of aliphatic carboxylic acids is 1. The average Bonchev–Trinajstić information content (AvgIpc) is 2.90. The lowest BCUT2D eigenvalue weighted by atomic mass is 10.0. The second-order valence-electron chi connectivity index (χ2n) is 8.67. The minimum atomic E-state index is -5.08. The molecule has 1 fully saturated rings. The Bertz CT molecular complexity index is 1680. The number of carboxylic acids is 2. The number of piperidine rings is 1. The number of fused-ring (bicyclic) bond motifs is 1. The van der Waals surface area contributed by atoms with Crippen molar-refractivity contribution >= 4 is 45.9 Å². The van der Waals surface area contributed by atoms with Crippen LogP contribution in [0.5, 0.6) is 0 Å². The maximum atomic E-state index is 15.3. The number of anilines is 2. The van der Waals surface area contributed by atoms with Gasteiger partial charge in [0.25, 0.3) is 0 Å². The molecule has 0 bridgehead atoms. The summed E-state index contributed by atoms with van der Waals surface area (Å²) in [5, 5.41) is 15.7. The summed E-state index contributed by atoms with van der Waals surface area (Å²) in [6.45, 7) is -0.0959. The molecule has 226 valence electrons. The number of alkyl halides is 3. The molecule has 0 atom stereocenters. The van der Waals surface area contributed by atoms with Crippen LogP contribution in [0.15, 0.2) is 34.5 Å². The first-order valence-corrected chi connectivity index (χ1v) is 11.9. The molecule has 10 nitrogen and oxygen atoms in total. The van der Waals surface area contributed by atoms with E-state index in [2.05, 4.69) is 4.98 Å². The van der Waals surface area contributed by atoms with Crippen molar-refractivity contribution in [3.63, 3.8) is 0 Å². The molecule has 6 N–H and O–H groups in total. The maximum absolute atomic E-state index is 15.3. The molecule has 3 aromatic rings. The lowest BCUT2D eigenvalue weighted by molar-refractivity contribution is -0.192. The lowest BCUT2D eigenvalue weighted by Gasteiger charge is -2.32. The van der Waals surface area contributed by atoms with Crippen LogP contribution in [-0.4, -0.2) is 57.5 Å². The van der Waals surface area contributed by atoms with Gasteiger partial charge in [-0.05, 0) is 24.5 Å². The van der Waals surface area contributed by atoms with Gasteiger partial charge in [0.15, 0.2) is 23.3 Å². The third-order valence-electron chi connectivity index (χ3n) is 5.96. The normalized spacial score (nSPS) is 14.8. The molecule has 1 aromatic carbocycles. The van der Waals surface area contributed by atoms with E-state index in [9.17, 15) is 41.0 Å². The van der Waals surface area contributed by atoms with Gasteiger partial charge in [-0.3, -0.25) is 9.36 Å². The molecule has 4 rings (SSSR count). The van der Waals surface area contributed by atoms with E-state index in [0.29, 0.717) is 24.5 Å². The van der Waals surface area contributed by atoms with Crippen molar-refractivity contribution < 1.29 is 50.5 Å². The number of nitrogen functional groups attached to an aromatic ring is 1. The highest BCUT2D eigenvalue weighted by Crippen LogP contribution is 2.39. The summed E-state index contributed by atoms with van der Waals surface area (Å²) in [6.07, 6.45) is -3.48. The molecule has 0 radical (unpaired) electrons. The maximum Gasteiger partial charge on any atom is 0.490 e. The minimum absolute atomic E-state index is 0.0429. The van der Waals surface area contributed by atoms with E-state index in [1.54, 1.807) is 0 Å². The first-order chi connectivity index (χ1) is 19.5. The van der Waals surface area contributed by atoms with Crippen molar-refractivity contribution in [3.05, 3.63) is 68.0 Å². The topological polar surface area (TPSA) is 165 Å². The summed E-state index contributed by atoms with van der Waals surface area (Å²) in [7, 11) is 0. The molecule has 0 unspecified atom stereocenters. The minimum Gasteiger partial charge on any atom is -0.477 e. The number of carboxylic acid groups (broad SMARTS) is 2. The number of rotatable bonds is 4. The van der Waals surface area contributed by atoms with Gasteiger partial charge in [0, 0.05) is 31.9 Å². The second kappa shape index (κ2) is 12.2. The van der Waals surface area contributed by atoms with E-state index in [1.807, 2.05) is 0 Å². The molecule has 0 saturated carbocycles. The third-order valence-corrected chi connectivity index (χ3v) is 6.32. The highest BCUT2D eigenvalue weighted by atomic mass is 35.5. The van der Waals surface area contributed by atoms with Gasteiger partial charge in [-0.1, -0.05) is 11.6 Å². The first kappa shape index (κ1) is 32.1. The quantitative estimate of drug-likeness (QED) is 0.312. The van der Waals surface area contributed by atoms with E-state index in [0.717, 1.165) is 16.8 Å². The monoisotopic (exact) mass is 625 g/mol. The summed E-state index contributed by atoms with van der Waals surface area (Å²) in [5.74, 6) is -9.72. The second-order valence-corrected chi connectivity index (χ2v) is 9.04. The Kier molecular flexibility index (Phi) is 9.36. The Morgan fingerprint density at radius 3 is 2.26 bits per heavy atom. The van der Waals surface area contributed by atoms with Crippen LogP contribution >= 0.6 is 11.6 Å². The van der Waals surface area contributed by atoms with Crippen molar-refractivity contribution in [2.24, 2.45) is 5.73 Å². The van der Waals surface area contributed by atoms with Gasteiger partial charge in [0.1, 0.15) is 17.2 Å². The van der Waals surface area contributed by atoms with Crippen LogP contribution in [0.25, 0.3) is 16.7 Å². The Hall–Kier alpha value is -4.38. The van der Waals surface area contributed by atoms with Gasteiger partial charge in [-0.15, -0.1) is 0 Å². The zero-order chi connectivity index (χ0) is 31.7. The largest absolute Gasteiger partial charge is 0.490 e. The molecule has 1 aliphatic rings. The van der Waals surface area contributed by atoms with E-state index >= 15 is 4.39 Å². The molecule has 1 aliphatic heterocycles. The first-order valence-electron chi connectivity index (χ1n) is 11.5. The fraction of sp³-hybridized carbons (Fsp3) is 0.250. The Labute approximate surface area is 235 Å². The number of nitrogens with two attached hydrogens (primary N) is 2. The Balaban J connectivity index is 0.000000616. The van der Waals surface area contributed by atoms with Crippen LogP contribution in [0, 0.1) is 17.5 Å². The van der Waals surface area contributed by atoms with Crippen LogP contribution in [0.4, 0.5) is 42.2 Å². The number of aromatic nitrogens is 2. The van der Waals surface area contributed by atoms with Crippen molar-refractivity contribution in [1.29, 1.82) is 0 Å². The van der Waals surface area contributed by atoms with Crippen molar-refractivity contribution in [1.82, 2.24) is 9.55 Å². The van der Waals surface area contributed by atoms with Gasteiger partial charge in [0.05, 0.1) is 21.6 Å². The zero-order valence-electron chi connectivity index (χ0n) is 20.9. The predicted molar refractivity (Wildman–Crippen MR) is 136 cm³/mol. The molecule has 0 aliphatic carbocycles. The zero-order valence-corrected chi connectivity index (χ0v) is 21.7. The third kappa shape index (κ3) is 6.41. The number of benzene rings is 1. The molecular formula is C24H19ClF7N5O5. The number of nitrogens with zero attached hydrogens (tertiary/aromatic N) is 3. The molecule has 18 heteroatoms. The molecule has 0 amide bonds. The van der Waals surface area contributed by atoms with Gasteiger partial charge >= 0.3 is 18.1 Å². The fourth-order valence-corrected chi connectivity index (χ4v) is 4.48. The lowest BCUT2D eigenvalue weighted by Crippen LogP contribution is -2.33. The van der Waals surface area contributed by atoms with Gasteiger partial charge < -0.3 is 26.6 Å². The van der Waals surface area contributed by atoms with Crippen LogP contribution in [0.1, 0.15) is 23.2 Å². The van der Waals surface area contributed by atoms with Gasteiger partial charge in [-0.2, -0.15) is 13.2 Å². The van der Waals surface area contributed by atoms with Crippen LogP contribution in [0.2, 0.25) is 5.02 Å². The van der Waals surface area contributed by atoms with E-state index in [-0.39, 0.29) is 35.9 Å². The van der Waals surface area contributed by atoms with Crippen LogP contribution < -0.4 is 21.8 Å². The summed E-state index contributed by atoms with van der Waals surface area (Å²) in [5.41, 5.74) is 8.78. The molecule has 3 heterocycles. The van der Waals surface area contributed by atoms with Crippen LogP contribution in [0.3, 0.4) is 0 Å². The summed E-state index contributed by atoms with van der Waals surface area (Å²) >= 11 is 6.54. The number of hydrogen-bond acceptors (Lipinski definition) is 7. The molecule has 1 saturated heterocycles. The summed E-state index contributed by atoms with van der Waals surface area (Å²) in [4.78, 5) is 38.5. The smallest absolute Gasteiger partial charge is 0.477 e. The summed E-state index contributed by atoms with van der Waals surface area (Å²) < 4.78 is 90.4. The highest BCUT2D eigenvalue weighted by Gasteiger charge is 2.38. The number of hydrogen-bond donors (Lipinski definition) is 4. The predicted octanol–water partition coefficient (Wildman–Crippen LogP) is 4.15. The number of aromatic carboxylic acids is 1. The molecular weight excluding hydrogens is 607 g/mol. The SMILES string of the molecule is NC/C(F)=C1/CCCN(c2c(F)cc3c(=O)c(C(=O)O)cn(-c4nc(N)c(F)cc4F)c3c2Cl)C1.O=C(O)C(F)(F)F. The van der Waals surface area contributed by atoms with E-state index < -0.39 is 69.4 Å². The van der Waals surface area contributed by atoms with Gasteiger partial charge in [0.2, 0.25) is 5.43 Å². The molecule has 0 spiro atoms. The molecule has 2 aromatic heterocycles. The number of pyridine rings is 2. The molecule has 42 heavy (non-hydrogen) atoms. The number of halogens is 8. The average molecular weight is 626 g/mol.